The first kappa shape index (κ1) is 12.7. The molecule has 114 valence electrons. The van der Waals surface area contributed by atoms with Crippen LogP contribution in [0.4, 0.5) is 0 Å². The molecule has 0 N–H and O–H groups in total. The lowest BCUT2D eigenvalue weighted by Crippen LogP contribution is -2.53. The third kappa shape index (κ3) is 1.39. The van der Waals surface area contributed by atoms with Gasteiger partial charge >= 0.3 is 5.97 Å². The zero-order valence-electron chi connectivity index (χ0n) is 13.0. The van der Waals surface area contributed by atoms with Crippen LogP contribution in [-0.2, 0) is 23.0 Å². The Kier molecular flexibility index (Phi) is 2.39. The van der Waals surface area contributed by atoms with E-state index in [4.69, 9.17) is 4.74 Å². The molecular formula is C18H20N2O2. The molecular weight excluding hydrogens is 276 g/mol. The number of aromatic nitrogens is 1. The second-order valence-electron chi connectivity index (χ2n) is 7.03. The van der Waals surface area contributed by atoms with Crippen molar-refractivity contribution in [3.63, 3.8) is 0 Å². The summed E-state index contributed by atoms with van der Waals surface area (Å²) in [6.45, 7) is 0.603. The monoisotopic (exact) mass is 296 g/mol. The molecule has 0 unspecified atom stereocenters. The number of cyclic esters (lactones) is 1. The summed E-state index contributed by atoms with van der Waals surface area (Å²) in [5.41, 5.74) is 4.20. The maximum Gasteiger partial charge on any atom is 0.309 e. The third-order valence-electron chi connectivity index (χ3n) is 6.21. The molecule has 0 radical (unpaired) electrons. The highest BCUT2D eigenvalue weighted by Crippen LogP contribution is 2.50. The van der Waals surface area contributed by atoms with Crippen molar-refractivity contribution in [1.29, 1.82) is 0 Å². The lowest BCUT2D eigenvalue weighted by Gasteiger charge is -2.48. The fraction of sp³-hybridized carbons (Fsp3) is 0.500. The molecule has 2 aromatic rings. The number of piperidine rings is 1. The minimum absolute atomic E-state index is 0.0234. The Morgan fingerprint density at radius 2 is 2.05 bits per heavy atom. The van der Waals surface area contributed by atoms with Gasteiger partial charge in [0.05, 0.1) is 18.6 Å². The molecule has 3 aliphatic heterocycles. The number of fused-ring (bicyclic) bond motifs is 8. The summed E-state index contributed by atoms with van der Waals surface area (Å²) in [7, 11) is 4.38. The predicted octanol–water partition coefficient (Wildman–Crippen LogP) is 2.27. The molecule has 2 fully saturated rings. The minimum Gasteiger partial charge on any atom is -0.465 e. The van der Waals surface area contributed by atoms with Gasteiger partial charge in [-0.1, -0.05) is 18.2 Å². The van der Waals surface area contributed by atoms with Crippen molar-refractivity contribution in [2.75, 3.05) is 13.7 Å². The summed E-state index contributed by atoms with van der Waals surface area (Å²) in [5, 5.41) is 1.38. The van der Waals surface area contributed by atoms with Gasteiger partial charge < -0.3 is 9.30 Å². The number of benzene rings is 1. The van der Waals surface area contributed by atoms with E-state index in [0.29, 0.717) is 24.6 Å². The van der Waals surface area contributed by atoms with Gasteiger partial charge in [-0.2, -0.15) is 0 Å². The summed E-state index contributed by atoms with van der Waals surface area (Å²) in [4.78, 5) is 14.6. The highest BCUT2D eigenvalue weighted by Gasteiger charge is 2.52. The van der Waals surface area contributed by atoms with E-state index >= 15 is 0 Å². The number of para-hydroxylation sites is 1. The van der Waals surface area contributed by atoms with Crippen molar-refractivity contribution in [3.05, 3.63) is 35.5 Å². The zero-order chi connectivity index (χ0) is 15.0. The van der Waals surface area contributed by atoms with Gasteiger partial charge in [-0.05, 0) is 31.5 Å². The second kappa shape index (κ2) is 4.13. The van der Waals surface area contributed by atoms with Gasteiger partial charge in [-0.15, -0.1) is 0 Å². The van der Waals surface area contributed by atoms with Gasteiger partial charge in [0.15, 0.2) is 0 Å². The molecule has 3 aliphatic rings. The molecule has 2 bridgehead atoms. The zero-order valence-corrected chi connectivity index (χ0v) is 13.0. The van der Waals surface area contributed by atoms with Crippen LogP contribution in [-0.4, -0.2) is 35.1 Å². The number of carbonyl (C=O) groups is 1. The van der Waals surface area contributed by atoms with Crippen LogP contribution in [0.1, 0.15) is 23.7 Å². The molecule has 4 heteroatoms. The Labute approximate surface area is 129 Å². The van der Waals surface area contributed by atoms with E-state index in [1.54, 1.807) is 0 Å². The van der Waals surface area contributed by atoms with Crippen LogP contribution >= 0.6 is 0 Å². The summed E-state index contributed by atoms with van der Waals surface area (Å²) in [6.07, 6.45) is 1.93. The Morgan fingerprint density at radius 1 is 1.23 bits per heavy atom. The summed E-state index contributed by atoms with van der Waals surface area (Å²) in [5.74, 6) is 0.480. The van der Waals surface area contributed by atoms with E-state index in [1.165, 1.54) is 22.2 Å². The Bertz CT molecular complexity index is 794. The highest BCUT2D eigenvalue weighted by atomic mass is 16.5. The Hall–Kier alpha value is -1.81. The van der Waals surface area contributed by atoms with Gasteiger partial charge in [0.1, 0.15) is 0 Å². The molecule has 0 amide bonds. The van der Waals surface area contributed by atoms with Gasteiger partial charge in [-0.25, -0.2) is 0 Å². The van der Waals surface area contributed by atoms with Gasteiger partial charge in [0.2, 0.25) is 0 Å². The maximum absolute atomic E-state index is 12.1. The van der Waals surface area contributed by atoms with E-state index in [0.717, 1.165) is 12.8 Å². The minimum atomic E-state index is 0.0234. The lowest BCUT2D eigenvalue weighted by atomic mass is 9.72. The van der Waals surface area contributed by atoms with Crippen molar-refractivity contribution in [2.24, 2.45) is 18.9 Å². The molecule has 22 heavy (non-hydrogen) atoms. The molecule has 1 aromatic heterocycles. The molecule has 4 heterocycles. The molecule has 1 aromatic carbocycles. The number of hydrogen-bond donors (Lipinski definition) is 0. The van der Waals surface area contributed by atoms with E-state index in [2.05, 4.69) is 47.8 Å². The number of aryl methyl sites for hydroxylation is 1. The smallest absolute Gasteiger partial charge is 0.309 e. The van der Waals surface area contributed by atoms with E-state index in [9.17, 15) is 4.79 Å². The number of carbonyl (C=O) groups excluding carboxylic acids is 1. The van der Waals surface area contributed by atoms with Crippen molar-refractivity contribution in [1.82, 2.24) is 9.47 Å². The predicted molar refractivity (Wildman–Crippen MR) is 83.5 cm³/mol. The van der Waals surface area contributed by atoms with Crippen molar-refractivity contribution in [2.45, 2.75) is 24.9 Å². The first-order valence-electron chi connectivity index (χ1n) is 8.11. The van der Waals surface area contributed by atoms with Crippen LogP contribution in [0.2, 0.25) is 0 Å². The number of esters is 1. The van der Waals surface area contributed by atoms with E-state index in [-0.39, 0.29) is 11.9 Å². The SMILES string of the molecule is CN1[C@H]2C[C@H]3C(=O)OC[C@H]3[C@@H]1Cc1c2n(C)c2ccccc12. The Morgan fingerprint density at radius 3 is 2.91 bits per heavy atom. The first-order valence-corrected chi connectivity index (χ1v) is 8.11. The Balaban J connectivity index is 1.73. The third-order valence-corrected chi connectivity index (χ3v) is 6.21. The van der Waals surface area contributed by atoms with Crippen LogP contribution in [0.3, 0.4) is 0 Å². The molecule has 5 rings (SSSR count). The van der Waals surface area contributed by atoms with Crippen LogP contribution < -0.4 is 0 Å². The van der Waals surface area contributed by atoms with E-state index < -0.39 is 0 Å². The molecule has 0 aliphatic carbocycles. The number of nitrogens with zero attached hydrogens (tertiary/aromatic N) is 2. The van der Waals surface area contributed by atoms with Crippen molar-refractivity contribution >= 4 is 16.9 Å². The van der Waals surface area contributed by atoms with Crippen LogP contribution in [0.25, 0.3) is 10.9 Å². The van der Waals surface area contributed by atoms with Crippen molar-refractivity contribution < 1.29 is 9.53 Å². The number of ether oxygens (including phenoxy) is 1. The number of rotatable bonds is 0. The first-order chi connectivity index (χ1) is 10.7. The lowest BCUT2D eigenvalue weighted by molar-refractivity contribution is -0.142. The molecule has 2 saturated heterocycles. The standard InChI is InChI=1S/C18H20N2O2/c1-19-15-7-11-10-5-3-4-6-14(10)20(2)17(11)16(19)8-12-13(15)9-22-18(12)21/h3-6,12-13,15-16H,7-9H2,1-2H3/t12-,13-,15+,16+/m1/s1. The topological polar surface area (TPSA) is 34.5 Å². The van der Waals surface area contributed by atoms with Crippen LogP contribution in [0.15, 0.2) is 24.3 Å². The van der Waals surface area contributed by atoms with Crippen molar-refractivity contribution in [3.8, 4) is 0 Å². The normalized spacial score (nSPS) is 33.6. The average Bonchev–Trinajstić information content (AvgIpc) is 3.00. The van der Waals surface area contributed by atoms with Crippen LogP contribution in [0, 0.1) is 11.8 Å². The van der Waals surface area contributed by atoms with Crippen LogP contribution in [0.5, 0.6) is 0 Å². The molecule has 0 saturated carbocycles. The molecule has 4 nitrogen and oxygen atoms in total. The quantitative estimate of drug-likeness (QED) is 0.700. The summed E-state index contributed by atoms with van der Waals surface area (Å²) in [6, 6.07) is 9.43. The fourth-order valence-corrected chi connectivity index (χ4v) is 5.11. The summed E-state index contributed by atoms with van der Waals surface area (Å²) >= 11 is 0. The van der Waals surface area contributed by atoms with E-state index in [1.807, 2.05) is 0 Å². The number of hydrogen-bond acceptors (Lipinski definition) is 3. The van der Waals surface area contributed by atoms with Gasteiger partial charge in [0.25, 0.3) is 0 Å². The summed E-state index contributed by atoms with van der Waals surface area (Å²) < 4.78 is 7.71. The molecule has 0 spiro atoms. The fourth-order valence-electron chi connectivity index (χ4n) is 5.11. The van der Waals surface area contributed by atoms with Gasteiger partial charge in [-0.3, -0.25) is 9.69 Å². The second-order valence-corrected chi connectivity index (χ2v) is 7.03. The maximum atomic E-state index is 12.1. The largest absolute Gasteiger partial charge is 0.465 e. The highest BCUT2D eigenvalue weighted by molar-refractivity contribution is 5.86. The average molecular weight is 296 g/mol. The molecule has 4 atom stereocenters. The number of likely N-dealkylation sites (N-methyl/N-ethyl adjacent to an activating group) is 1. The van der Waals surface area contributed by atoms with Gasteiger partial charge in [0, 0.05) is 35.6 Å².